The standard InChI is InChI=1S/C21H25NO3/c1-16(17-9-5-3-6-10-17)13-14-19(23)22-15-21(2,20(24)25)18-11-7-4-8-12-18/h3-12,16H,13-15H2,1-2H3,(H,22,23)(H,24,25). The molecule has 0 saturated carbocycles. The molecule has 0 aliphatic carbocycles. The fourth-order valence-electron chi connectivity index (χ4n) is 2.77. The second-order valence-corrected chi connectivity index (χ2v) is 6.63. The first kappa shape index (κ1) is 18.7. The second-order valence-electron chi connectivity index (χ2n) is 6.63. The molecule has 0 aromatic heterocycles. The summed E-state index contributed by atoms with van der Waals surface area (Å²) >= 11 is 0. The molecule has 0 saturated heterocycles. The number of nitrogens with one attached hydrogen (secondary N) is 1. The summed E-state index contributed by atoms with van der Waals surface area (Å²) in [6.07, 6.45) is 1.10. The van der Waals surface area contributed by atoms with Crippen molar-refractivity contribution in [3.05, 3.63) is 71.8 Å². The van der Waals surface area contributed by atoms with E-state index in [1.54, 1.807) is 31.2 Å². The van der Waals surface area contributed by atoms with Crippen molar-refractivity contribution in [1.82, 2.24) is 5.32 Å². The van der Waals surface area contributed by atoms with E-state index in [0.29, 0.717) is 12.0 Å². The molecular formula is C21H25NO3. The van der Waals surface area contributed by atoms with Crippen molar-refractivity contribution in [2.24, 2.45) is 0 Å². The largest absolute Gasteiger partial charge is 0.481 e. The van der Waals surface area contributed by atoms with Crippen molar-refractivity contribution in [3.63, 3.8) is 0 Å². The minimum absolute atomic E-state index is 0.0743. The van der Waals surface area contributed by atoms with Crippen LogP contribution in [0.1, 0.15) is 43.7 Å². The van der Waals surface area contributed by atoms with E-state index >= 15 is 0 Å². The Morgan fingerprint density at radius 1 is 1.04 bits per heavy atom. The van der Waals surface area contributed by atoms with E-state index in [2.05, 4.69) is 24.4 Å². The Bertz CT molecular complexity index is 700. The molecule has 4 heteroatoms. The quantitative estimate of drug-likeness (QED) is 0.770. The number of amides is 1. The SMILES string of the molecule is CC(CCC(=O)NCC(C)(C(=O)O)c1ccccc1)c1ccccc1. The summed E-state index contributed by atoms with van der Waals surface area (Å²) in [6, 6.07) is 19.1. The maximum atomic E-state index is 12.2. The van der Waals surface area contributed by atoms with Gasteiger partial charge in [0.1, 0.15) is 5.41 Å². The van der Waals surface area contributed by atoms with Crippen molar-refractivity contribution in [1.29, 1.82) is 0 Å². The first-order valence-electron chi connectivity index (χ1n) is 8.54. The smallest absolute Gasteiger partial charge is 0.315 e. The molecule has 0 heterocycles. The zero-order chi connectivity index (χ0) is 18.3. The summed E-state index contributed by atoms with van der Waals surface area (Å²) in [5, 5.41) is 12.4. The molecule has 4 nitrogen and oxygen atoms in total. The van der Waals surface area contributed by atoms with Crippen LogP contribution >= 0.6 is 0 Å². The maximum Gasteiger partial charge on any atom is 0.315 e. The number of hydrogen-bond acceptors (Lipinski definition) is 2. The Labute approximate surface area is 148 Å². The van der Waals surface area contributed by atoms with Crippen LogP contribution in [0, 0.1) is 0 Å². The Morgan fingerprint density at radius 3 is 2.16 bits per heavy atom. The lowest BCUT2D eigenvalue weighted by atomic mass is 9.82. The van der Waals surface area contributed by atoms with Gasteiger partial charge in [-0.1, -0.05) is 67.6 Å². The van der Waals surface area contributed by atoms with Crippen molar-refractivity contribution >= 4 is 11.9 Å². The average Bonchev–Trinajstić information content (AvgIpc) is 2.65. The minimum Gasteiger partial charge on any atom is -0.481 e. The van der Waals surface area contributed by atoms with Gasteiger partial charge >= 0.3 is 5.97 Å². The summed E-state index contributed by atoms with van der Waals surface area (Å²) < 4.78 is 0. The Balaban J connectivity index is 1.90. The second kappa shape index (κ2) is 8.47. The van der Waals surface area contributed by atoms with Crippen LogP contribution in [-0.2, 0) is 15.0 Å². The van der Waals surface area contributed by atoms with Gasteiger partial charge in [0.05, 0.1) is 0 Å². The number of rotatable bonds is 8. The van der Waals surface area contributed by atoms with Gasteiger partial charge in [-0.25, -0.2) is 0 Å². The van der Waals surface area contributed by atoms with Gasteiger partial charge in [-0.05, 0) is 30.4 Å². The Hall–Kier alpha value is -2.62. The third-order valence-electron chi connectivity index (χ3n) is 4.70. The third-order valence-corrected chi connectivity index (χ3v) is 4.70. The van der Waals surface area contributed by atoms with E-state index in [1.165, 1.54) is 5.56 Å². The highest BCUT2D eigenvalue weighted by atomic mass is 16.4. The number of benzene rings is 2. The topological polar surface area (TPSA) is 66.4 Å². The molecule has 2 N–H and O–H groups in total. The van der Waals surface area contributed by atoms with Gasteiger partial charge in [-0.15, -0.1) is 0 Å². The molecule has 0 spiro atoms. The van der Waals surface area contributed by atoms with E-state index in [1.807, 2.05) is 24.3 Å². The molecule has 0 aliphatic heterocycles. The molecule has 0 bridgehead atoms. The summed E-state index contributed by atoms with van der Waals surface area (Å²) in [6.45, 7) is 3.80. The first-order valence-corrected chi connectivity index (χ1v) is 8.54. The van der Waals surface area contributed by atoms with E-state index in [0.717, 1.165) is 6.42 Å². The Kier molecular flexibility index (Phi) is 6.34. The van der Waals surface area contributed by atoms with Crippen LogP contribution in [0.4, 0.5) is 0 Å². The summed E-state index contributed by atoms with van der Waals surface area (Å²) in [5.74, 6) is -0.783. The van der Waals surface area contributed by atoms with E-state index in [-0.39, 0.29) is 18.4 Å². The van der Waals surface area contributed by atoms with Crippen molar-refractivity contribution in [2.75, 3.05) is 6.54 Å². The van der Waals surface area contributed by atoms with Gasteiger partial charge in [-0.2, -0.15) is 0 Å². The lowest BCUT2D eigenvalue weighted by molar-refractivity contribution is -0.143. The summed E-state index contributed by atoms with van der Waals surface area (Å²) in [4.78, 5) is 23.9. The van der Waals surface area contributed by atoms with Gasteiger partial charge in [-0.3, -0.25) is 9.59 Å². The van der Waals surface area contributed by atoms with Crippen LogP contribution in [-0.4, -0.2) is 23.5 Å². The van der Waals surface area contributed by atoms with Gasteiger partial charge in [0.2, 0.25) is 5.91 Å². The first-order chi connectivity index (χ1) is 11.9. The van der Waals surface area contributed by atoms with Gasteiger partial charge in [0, 0.05) is 13.0 Å². The highest BCUT2D eigenvalue weighted by molar-refractivity contribution is 5.83. The lowest BCUT2D eigenvalue weighted by Gasteiger charge is -2.25. The summed E-state index contributed by atoms with van der Waals surface area (Å²) in [7, 11) is 0. The summed E-state index contributed by atoms with van der Waals surface area (Å²) in [5.41, 5.74) is 0.748. The van der Waals surface area contributed by atoms with Crippen molar-refractivity contribution in [2.45, 2.75) is 38.0 Å². The molecule has 2 aromatic rings. The van der Waals surface area contributed by atoms with E-state index in [4.69, 9.17) is 0 Å². The number of carboxylic acid groups (broad SMARTS) is 1. The Morgan fingerprint density at radius 2 is 1.60 bits per heavy atom. The molecule has 0 radical (unpaired) electrons. The molecule has 1 amide bonds. The fraction of sp³-hybridized carbons (Fsp3) is 0.333. The van der Waals surface area contributed by atoms with E-state index in [9.17, 15) is 14.7 Å². The zero-order valence-electron chi connectivity index (χ0n) is 14.7. The maximum absolute atomic E-state index is 12.2. The van der Waals surface area contributed by atoms with E-state index < -0.39 is 11.4 Å². The van der Waals surface area contributed by atoms with Gasteiger partial charge in [0.25, 0.3) is 0 Å². The van der Waals surface area contributed by atoms with Crippen LogP contribution in [0.5, 0.6) is 0 Å². The minimum atomic E-state index is -1.14. The molecule has 132 valence electrons. The number of hydrogen-bond donors (Lipinski definition) is 2. The van der Waals surface area contributed by atoms with Crippen LogP contribution in [0.25, 0.3) is 0 Å². The molecule has 2 atom stereocenters. The fourth-order valence-corrected chi connectivity index (χ4v) is 2.77. The van der Waals surface area contributed by atoms with Crippen LogP contribution in [0.3, 0.4) is 0 Å². The molecule has 2 rings (SSSR count). The number of aliphatic carboxylic acids is 1. The lowest BCUT2D eigenvalue weighted by Crippen LogP contribution is -2.44. The average molecular weight is 339 g/mol. The molecule has 2 aromatic carbocycles. The van der Waals surface area contributed by atoms with Crippen LogP contribution in [0.2, 0.25) is 0 Å². The molecule has 25 heavy (non-hydrogen) atoms. The van der Waals surface area contributed by atoms with Gasteiger partial charge in [0.15, 0.2) is 0 Å². The number of carboxylic acids is 1. The molecule has 2 unspecified atom stereocenters. The highest BCUT2D eigenvalue weighted by Gasteiger charge is 2.35. The van der Waals surface area contributed by atoms with Crippen molar-refractivity contribution in [3.8, 4) is 0 Å². The monoisotopic (exact) mass is 339 g/mol. The predicted octanol–water partition coefficient (Wildman–Crippen LogP) is 3.73. The molecule has 0 fully saturated rings. The predicted molar refractivity (Wildman–Crippen MR) is 98.5 cm³/mol. The molecule has 0 aliphatic rings. The van der Waals surface area contributed by atoms with Crippen LogP contribution in [0.15, 0.2) is 60.7 Å². The van der Waals surface area contributed by atoms with Gasteiger partial charge < -0.3 is 10.4 Å². The molecular weight excluding hydrogens is 314 g/mol. The van der Waals surface area contributed by atoms with Crippen molar-refractivity contribution < 1.29 is 14.7 Å². The highest BCUT2D eigenvalue weighted by Crippen LogP contribution is 2.24. The third kappa shape index (κ3) is 4.92. The number of carbonyl (C=O) groups is 2. The van der Waals surface area contributed by atoms with Crippen LogP contribution < -0.4 is 5.32 Å². The normalized spacial score (nSPS) is 14.3. The zero-order valence-corrected chi connectivity index (χ0v) is 14.7. The number of carbonyl (C=O) groups excluding carboxylic acids is 1.